The van der Waals surface area contributed by atoms with Crippen LogP contribution in [0.15, 0.2) is 36.5 Å². The molecule has 9 nitrogen and oxygen atoms in total. The molecule has 1 amide bonds. The zero-order valence-corrected chi connectivity index (χ0v) is 21.2. The van der Waals surface area contributed by atoms with Crippen molar-refractivity contribution in [2.45, 2.75) is 63.8 Å². The van der Waals surface area contributed by atoms with Gasteiger partial charge in [0.25, 0.3) is 5.69 Å². The van der Waals surface area contributed by atoms with E-state index in [0.29, 0.717) is 51.1 Å². The number of benzene rings is 1. The van der Waals surface area contributed by atoms with E-state index in [1.54, 1.807) is 6.20 Å². The van der Waals surface area contributed by atoms with Gasteiger partial charge in [-0.2, -0.15) is 13.2 Å². The maximum atomic E-state index is 13.3. The maximum absolute atomic E-state index is 13.3. The predicted octanol–water partition coefficient (Wildman–Crippen LogP) is 5.26. The van der Waals surface area contributed by atoms with Crippen LogP contribution in [0.4, 0.5) is 30.2 Å². The van der Waals surface area contributed by atoms with Crippen molar-refractivity contribution < 1.29 is 27.6 Å². The number of pyridine rings is 1. The second kappa shape index (κ2) is 11.9. The van der Waals surface area contributed by atoms with E-state index in [1.807, 2.05) is 24.0 Å². The van der Waals surface area contributed by atoms with Crippen molar-refractivity contribution in [2.24, 2.45) is 0 Å². The number of nitro groups is 1. The number of carbonyl (C=O) groups excluding carboxylic acids is 1. The lowest BCUT2D eigenvalue weighted by Crippen LogP contribution is -2.48. The van der Waals surface area contributed by atoms with Crippen LogP contribution in [-0.2, 0) is 11.0 Å². The van der Waals surface area contributed by atoms with Gasteiger partial charge >= 0.3 is 6.18 Å². The maximum Gasteiger partial charge on any atom is 0.423 e. The van der Waals surface area contributed by atoms with Crippen molar-refractivity contribution >= 4 is 23.0 Å². The summed E-state index contributed by atoms with van der Waals surface area (Å²) in [6.45, 7) is 4.87. The first kappa shape index (κ1) is 27.5. The lowest BCUT2D eigenvalue weighted by atomic mass is 9.92. The molecule has 1 aromatic heterocycles. The Hall–Kier alpha value is -3.57. The molecule has 1 saturated carbocycles. The highest BCUT2D eigenvalue weighted by Crippen LogP contribution is 2.38. The Bertz CT molecular complexity index is 1130. The van der Waals surface area contributed by atoms with E-state index < -0.39 is 22.4 Å². The minimum Gasteiger partial charge on any atom is -0.474 e. The largest absolute Gasteiger partial charge is 0.474 e. The van der Waals surface area contributed by atoms with E-state index in [4.69, 9.17) is 4.74 Å². The second-order valence-corrected chi connectivity index (χ2v) is 9.69. The third-order valence-corrected chi connectivity index (χ3v) is 7.01. The van der Waals surface area contributed by atoms with Crippen molar-refractivity contribution in [3.8, 4) is 5.88 Å². The van der Waals surface area contributed by atoms with Crippen LogP contribution in [0.2, 0.25) is 0 Å². The summed E-state index contributed by atoms with van der Waals surface area (Å²) in [5, 5.41) is 14.1. The number of alkyl halides is 3. The third-order valence-electron chi connectivity index (χ3n) is 7.01. The first-order chi connectivity index (χ1) is 18.1. The van der Waals surface area contributed by atoms with E-state index in [9.17, 15) is 28.1 Å². The Morgan fingerprint density at radius 3 is 2.47 bits per heavy atom. The molecule has 2 heterocycles. The number of hydrogen-bond donors (Lipinski definition) is 1. The number of nitrogens with zero attached hydrogens (tertiary/aromatic N) is 4. The first-order valence-corrected chi connectivity index (χ1v) is 12.9. The lowest BCUT2D eigenvalue weighted by Gasteiger charge is -2.36. The smallest absolute Gasteiger partial charge is 0.423 e. The molecular weight excluding hydrogens is 503 g/mol. The Morgan fingerprint density at radius 2 is 1.84 bits per heavy atom. The summed E-state index contributed by atoms with van der Waals surface area (Å²) >= 11 is 0. The van der Waals surface area contributed by atoms with Crippen LogP contribution in [0, 0.1) is 10.1 Å². The fourth-order valence-electron chi connectivity index (χ4n) is 4.99. The van der Waals surface area contributed by atoms with Gasteiger partial charge < -0.3 is 19.9 Å². The van der Waals surface area contributed by atoms with Crippen LogP contribution in [0.25, 0.3) is 0 Å². The van der Waals surface area contributed by atoms with Gasteiger partial charge in [-0.1, -0.05) is 6.92 Å². The third kappa shape index (κ3) is 6.84. The first-order valence-electron chi connectivity index (χ1n) is 12.9. The van der Waals surface area contributed by atoms with Crippen LogP contribution in [0.1, 0.15) is 51.0 Å². The number of piperazine rings is 1. The van der Waals surface area contributed by atoms with E-state index in [-0.39, 0.29) is 23.7 Å². The monoisotopic (exact) mass is 535 g/mol. The summed E-state index contributed by atoms with van der Waals surface area (Å²) in [5.41, 5.74) is -1.02. The Labute approximate surface area is 219 Å². The van der Waals surface area contributed by atoms with Crippen molar-refractivity contribution in [3.63, 3.8) is 0 Å². The number of aromatic nitrogens is 1. The molecule has 0 radical (unpaired) electrons. The van der Waals surface area contributed by atoms with E-state index in [0.717, 1.165) is 37.3 Å². The van der Waals surface area contributed by atoms with Gasteiger partial charge in [-0.25, -0.2) is 4.98 Å². The molecule has 1 aromatic carbocycles. The van der Waals surface area contributed by atoms with Crippen molar-refractivity contribution in [1.29, 1.82) is 0 Å². The molecule has 2 fully saturated rings. The topological polar surface area (TPSA) is 101 Å². The number of nitro benzene ring substituents is 1. The number of hydrogen-bond acceptors (Lipinski definition) is 7. The second-order valence-electron chi connectivity index (χ2n) is 9.69. The molecule has 2 aromatic rings. The normalized spacial score (nSPS) is 20.2. The summed E-state index contributed by atoms with van der Waals surface area (Å²) < 4.78 is 46.0. The summed E-state index contributed by atoms with van der Waals surface area (Å²) in [6.07, 6.45) is 0.995. The zero-order chi connectivity index (χ0) is 27.3. The van der Waals surface area contributed by atoms with Crippen molar-refractivity contribution in [3.05, 3.63) is 52.2 Å². The summed E-state index contributed by atoms with van der Waals surface area (Å²) in [6, 6.07) is 6.77. The average molecular weight is 536 g/mol. The predicted molar refractivity (Wildman–Crippen MR) is 136 cm³/mol. The molecule has 2 aliphatic rings. The molecule has 0 unspecified atom stereocenters. The Balaban J connectivity index is 1.29. The van der Waals surface area contributed by atoms with Crippen molar-refractivity contribution in [1.82, 2.24) is 9.88 Å². The minimum absolute atomic E-state index is 0.0663. The highest BCUT2D eigenvalue weighted by Gasteiger charge is 2.38. The molecule has 1 aliphatic heterocycles. The van der Waals surface area contributed by atoms with Crippen LogP contribution in [0.5, 0.6) is 5.88 Å². The van der Waals surface area contributed by atoms with E-state index in [1.165, 1.54) is 6.07 Å². The molecule has 4 rings (SSSR count). The van der Waals surface area contributed by atoms with Gasteiger partial charge in [-0.15, -0.1) is 0 Å². The Morgan fingerprint density at radius 1 is 1.13 bits per heavy atom. The fourth-order valence-corrected chi connectivity index (χ4v) is 4.99. The van der Waals surface area contributed by atoms with Gasteiger partial charge in [0.05, 0.1) is 4.92 Å². The SMILES string of the molecule is CCCC(=O)N1CCN(c2ccnc(OC3CCC(Nc4ccc([N+](=O)[O-])c(C(F)(F)F)c4)CC3)c2)CC1. The summed E-state index contributed by atoms with van der Waals surface area (Å²) in [4.78, 5) is 30.6. The molecule has 1 saturated heterocycles. The molecule has 206 valence electrons. The van der Waals surface area contributed by atoms with Gasteiger partial charge in [-0.3, -0.25) is 14.9 Å². The number of ether oxygens (including phenoxy) is 1. The number of rotatable bonds is 8. The number of amides is 1. The number of nitrogens with one attached hydrogen (secondary N) is 1. The molecule has 1 N–H and O–H groups in total. The average Bonchev–Trinajstić information content (AvgIpc) is 2.89. The lowest BCUT2D eigenvalue weighted by molar-refractivity contribution is -0.388. The van der Waals surface area contributed by atoms with Crippen molar-refractivity contribution in [2.75, 3.05) is 36.4 Å². The standard InChI is InChI=1S/C26H32F3N5O4/c1-2-3-25(35)33-14-12-32(13-15-33)20-10-11-30-24(17-20)38-21-7-4-18(5-8-21)31-19-6-9-23(34(36)37)22(16-19)26(27,28)29/h6,9-11,16-18,21,31H,2-5,7-8,12-15H2,1H3. The highest BCUT2D eigenvalue weighted by molar-refractivity contribution is 5.76. The quantitative estimate of drug-likeness (QED) is 0.364. The Kier molecular flexibility index (Phi) is 8.58. The van der Waals surface area contributed by atoms with Crippen LogP contribution in [0.3, 0.4) is 0 Å². The van der Waals surface area contributed by atoms with Gasteiger partial charge in [0.2, 0.25) is 11.8 Å². The van der Waals surface area contributed by atoms with Gasteiger partial charge in [0.1, 0.15) is 11.7 Å². The van der Waals surface area contributed by atoms with E-state index >= 15 is 0 Å². The van der Waals surface area contributed by atoms with Gasteiger partial charge in [0, 0.05) is 68.3 Å². The van der Waals surface area contributed by atoms with Crippen LogP contribution in [-0.4, -0.2) is 59.0 Å². The minimum atomic E-state index is -4.81. The zero-order valence-electron chi connectivity index (χ0n) is 21.2. The molecular formula is C26H32F3N5O4. The molecule has 0 bridgehead atoms. The molecule has 0 atom stereocenters. The van der Waals surface area contributed by atoms with Crippen LogP contribution >= 0.6 is 0 Å². The molecule has 12 heteroatoms. The number of carbonyl (C=O) groups is 1. The fraction of sp³-hybridized carbons (Fsp3) is 0.538. The molecule has 1 aliphatic carbocycles. The van der Waals surface area contributed by atoms with Gasteiger partial charge in [0.15, 0.2) is 0 Å². The van der Waals surface area contributed by atoms with E-state index in [2.05, 4.69) is 15.2 Å². The highest BCUT2D eigenvalue weighted by atomic mass is 19.4. The van der Waals surface area contributed by atoms with Gasteiger partial charge in [-0.05, 0) is 50.3 Å². The summed E-state index contributed by atoms with van der Waals surface area (Å²) in [5.74, 6) is 0.721. The van der Waals surface area contributed by atoms with Crippen LogP contribution < -0.4 is 15.0 Å². The number of anilines is 2. The molecule has 38 heavy (non-hydrogen) atoms. The number of halogens is 3. The summed E-state index contributed by atoms with van der Waals surface area (Å²) in [7, 11) is 0. The molecule has 0 spiro atoms.